The molecule has 0 spiro atoms. The van der Waals surface area contributed by atoms with E-state index in [1.54, 1.807) is 0 Å². The molecule has 0 aliphatic carbocycles. The second kappa shape index (κ2) is 13.1. The summed E-state index contributed by atoms with van der Waals surface area (Å²) in [4.78, 5) is 0. The third kappa shape index (κ3) is 7.20. The van der Waals surface area contributed by atoms with Crippen LogP contribution < -0.4 is 39.5 Å². The van der Waals surface area contributed by atoms with Gasteiger partial charge in [0.05, 0.1) is 0 Å². The average Bonchev–Trinajstić information content (AvgIpc) is 3.42. The first-order valence-corrected chi connectivity index (χ1v) is 12.8. The Morgan fingerprint density at radius 3 is 1.14 bits per heavy atom. The van der Waals surface area contributed by atoms with Gasteiger partial charge in [0.1, 0.15) is 11.5 Å². The molecule has 36 heavy (non-hydrogen) atoms. The van der Waals surface area contributed by atoms with Gasteiger partial charge in [-0.2, -0.15) is 0 Å². The Kier molecular flexibility index (Phi) is 10.1. The van der Waals surface area contributed by atoms with Crippen molar-refractivity contribution in [2.45, 2.75) is 13.8 Å². The molecule has 0 unspecified atom stereocenters. The third-order valence-electron chi connectivity index (χ3n) is 4.73. The maximum absolute atomic E-state index is 5.66. The summed E-state index contributed by atoms with van der Waals surface area (Å²) in [6, 6.07) is 30.8. The van der Waals surface area contributed by atoms with Crippen molar-refractivity contribution in [1.82, 2.24) is 0 Å². The molecule has 2 heterocycles. The van der Waals surface area contributed by atoms with Gasteiger partial charge in [-0.15, -0.1) is 0 Å². The van der Waals surface area contributed by atoms with Crippen LogP contribution in [0.2, 0.25) is 0 Å². The molecular formula is C26H22ClCuO6P2. The van der Waals surface area contributed by atoms with Crippen LogP contribution in [0.25, 0.3) is 0 Å². The zero-order valence-electron chi connectivity index (χ0n) is 19.3. The van der Waals surface area contributed by atoms with Gasteiger partial charge >= 0.3 is 34.3 Å². The molecule has 4 aromatic rings. The quantitative estimate of drug-likeness (QED) is 0.242. The smallest absolute Gasteiger partial charge is 1.00 e. The summed E-state index contributed by atoms with van der Waals surface area (Å²) in [7, 11) is -2.72. The maximum Gasteiger partial charge on any atom is 1.00 e. The number of aryl methyl sites for hydroxylation is 2. The zero-order chi connectivity index (χ0) is 23.3. The largest absolute Gasteiger partial charge is 1.00 e. The van der Waals surface area contributed by atoms with Crippen LogP contribution in [0.4, 0.5) is 0 Å². The molecule has 190 valence electrons. The van der Waals surface area contributed by atoms with Crippen LogP contribution >= 0.6 is 17.2 Å². The van der Waals surface area contributed by atoms with E-state index >= 15 is 0 Å². The van der Waals surface area contributed by atoms with Gasteiger partial charge in [-0.05, 0) is 73.5 Å². The fourth-order valence-electron chi connectivity index (χ4n) is 3.15. The summed E-state index contributed by atoms with van der Waals surface area (Å²) in [6.45, 7) is 4.04. The van der Waals surface area contributed by atoms with E-state index in [0.717, 1.165) is 45.6 Å². The summed E-state index contributed by atoms with van der Waals surface area (Å²) in [5, 5.41) is 0. The summed E-state index contributed by atoms with van der Waals surface area (Å²) < 4.78 is 33.6. The number of halogens is 1. The standard InChI is InChI=1S/2C13H11O3P.ClH.Cu/c2*1-10-5-4-6-11(9-10)14-17-15-12-7-2-3-8-13(12)16-17;;/h2*2-9H,1H3;1H;/q;;;+1/p-1. The molecule has 0 fully saturated rings. The molecule has 0 saturated heterocycles. The van der Waals surface area contributed by atoms with Crippen molar-refractivity contribution >= 4 is 17.2 Å². The summed E-state index contributed by atoms with van der Waals surface area (Å²) >= 11 is 0. The van der Waals surface area contributed by atoms with Gasteiger partial charge in [0.25, 0.3) is 0 Å². The number of benzene rings is 4. The van der Waals surface area contributed by atoms with Crippen molar-refractivity contribution in [2.75, 3.05) is 0 Å². The van der Waals surface area contributed by atoms with Crippen molar-refractivity contribution in [3.05, 3.63) is 108 Å². The van der Waals surface area contributed by atoms with E-state index in [9.17, 15) is 0 Å². The van der Waals surface area contributed by atoms with E-state index in [1.165, 1.54) is 0 Å². The van der Waals surface area contributed by atoms with Crippen molar-refractivity contribution in [2.24, 2.45) is 0 Å². The molecule has 2 aliphatic heterocycles. The monoisotopic (exact) mass is 590 g/mol. The van der Waals surface area contributed by atoms with Crippen LogP contribution in [-0.2, 0) is 17.1 Å². The molecule has 0 saturated carbocycles. The van der Waals surface area contributed by atoms with Crippen LogP contribution in [-0.4, -0.2) is 0 Å². The van der Waals surface area contributed by atoms with Crippen LogP contribution in [0.1, 0.15) is 11.1 Å². The van der Waals surface area contributed by atoms with Gasteiger partial charge in [-0.3, -0.25) is 0 Å². The fraction of sp³-hybridized carbons (Fsp3) is 0.0769. The van der Waals surface area contributed by atoms with E-state index in [-0.39, 0.29) is 29.5 Å². The Morgan fingerprint density at radius 2 is 0.833 bits per heavy atom. The predicted octanol–water partition coefficient (Wildman–Crippen LogP) is 5.15. The van der Waals surface area contributed by atoms with Crippen molar-refractivity contribution in [3.63, 3.8) is 0 Å². The van der Waals surface area contributed by atoms with Crippen molar-refractivity contribution < 1.29 is 56.6 Å². The van der Waals surface area contributed by atoms with E-state index in [4.69, 9.17) is 27.1 Å². The summed E-state index contributed by atoms with van der Waals surface area (Å²) in [5.41, 5.74) is 2.29. The normalized spacial score (nSPS) is 12.9. The predicted molar refractivity (Wildman–Crippen MR) is 133 cm³/mol. The zero-order valence-corrected chi connectivity index (χ0v) is 22.7. The van der Waals surface area contributed by atoms with Crippen LogP contribution in [0.3, 0.4) is 0 Å². The minimum atomic E-state index is -1.36. The number of fused-ring (bicyclic) bond motifs is 2. The van der Waals surface area contributed by atoms with Crippen LogP contribution in [0.5, 0.6) is 34.5 Å². The van der Waals surface area contributed by atoms with Gasteiger partial charge in [-0.25, -0.2) is 0 Å². The Hall–Kier alpha value is -2.65. The van der Waals surface area contributed by atoms with E-state index in [2.05, 4.69) is 0 Å². The molecule has 2 aliphatic rings. The Bertz CT molecular complexity index is 1150. The molecule has 0 aromatic heterocycles. The summed E-state index contributed by atoms with van der Waals surface area (Å²) in [5.74, 6) is 4.50. The van der Waals surface area contributed by atoms with Gasteiger partial charge < -0.3 is 39.5 Å². The van der Waals surface area contributed by atoms with Crippen LogP contribution in [0, 0.1) is 13.8 Å². The molecule has 0 amide bonds. The van der Waals surface area contributed by atoms with E-state index < -0.39 is 17.2 Å². The van der Waals surface area contributed by atoms with Crippen molar-refractivity contribution in [3.8, 4) is 34.5 Å². The Morgan fingerprint density at radius 1 is 0.500 bits per heavy atom. The number of rotatable bonds is 4. The van der Waals surface area contributed by atoms with Crippen LogP contribution in [0.15, 0.2) is 97.1 Å². The first-order chi connectivity index (χ1) is 16.6. The molecule has 10 heteroatoms. The first kappa shape index (κ1) is 27.9. The topological polar surface area (TPSA) is 55.4 Å². The fourth-order valence-corrected chi connectivity index (χ4v) is 5.19. The van der Waals surface area contributed by atoms with Crippen molar-refractivity contribution in [1.29, 1.82) is 0 Å². The van der Waals surface area contributed by atoms with Gasteiger partial charge in [0.15, 0.2) is 23.0 Å². The molecule has 0 radical (unpaired) electrons. The summed E-state index contributed by atoms with van der Waals surface area (Å²) in [6.07, 6.45) is 0. The Labute approximate surface area is 229 Å². The third-order valence-corrected chi connectivity index (χ3v) is 6.83. The Balaban J connectivity index is 0.000000190. The number of hydrogen-bond donors (Lipinski definition) is 0. The molecule has 0 N–H and O–H groups in total. The minimum absolute atomic E-state index is 0. The minimum Gasteiger partial charge on any atom is -1.00 e. The van der Waals surface area contributed by atoms with Gasteiger partial charge in [0.2, 0.25) is 0 Å². The molecule has 4 aromatic carbocycles. The SMILES string of the molecule is Cc1cccc(OP2Oc3ccccc3O2)c1.Cc1cccc(OP2Oc3ccccc3O2)c1.[Cl-].[Cu+]. The van der Waals surface area contributed by atoms with E-state index in [1.807, 2.05) is 111 Å². The average molecular weight is 591 g/mol. The number of hydrogen-bond acceptors (Lipinski definition) is 6. The molecule has 0 atom stereocenters. The molecule has 0 bridgehead atoms. The second-order valence-corrected chi connectivity index (χ2v) is 9.51. The van der Waals surface area contributed by atoms with Gasteiger partial charge in [0, 0.05) is 0 Å². The van der Waals surface area contributed by atoms with Gasteiger partial charge in [-0.1, -0.05) is 48.5 Å². The second-order valence-electron chi connectivity index (χ2n) is 7.52. The molecule has 6 nitrogen and oxygen atoms in total. The molecule has 6 rings (SSSR count). The van der Waals surface area contributed by atoms with E-state index in [0.29, 0.717) is 0 Å². The first-order valence-electron chi connectivity index (χ1n) is 10.6. The maximum atomic E-state index is 5.66. The molecular weight excluding hydrogens is 569 g/mol. The number of para-hydroxylation sites is 4.